The lowest BCUT2D eigenvalue weighted by Gasteiger charge is -2.20. The van der Waals surface area contributed by atoms with E-state index in [4.69, 9.17) is 4.42 Å². The monoisotopic (exact) mass is 442 g/mol. The Labute approximate surface area is 170 Å². The van der Waals surface area contributed by atoms with Gasteiger partial charge in [0.15, 0.2) is 5.75 Å². The Bertz CT molecular complexity index is 1210. The van der Waals surface area contributed by atoms with Crippen LogP contribution in [0, 0.1) is 5.82 Å². The van der Waals surface area contributed by atoms with E-state index in [2.05, 4.69) is 10.1 Å². The van der Waals surface area contributed by atoms with Gasteiger partial charge in [-0.2, -0.15) is 8.78 Å². The number of ether oxygens (including phenoxy) is 1. The maximum absolute atomic E-state index is 13.3. The van der Waals surface area contributed by atoms with Gasteiger partial charge in [-0.3, -0.25) is 9.10 Å². The van der Waals surface area contributed by atoms with Gasteiger partial charge in [-0.25, -0.2) is 12.8 Å². The molecule has 11 heteroatoms. The van der Waals surface area contributed by atoms with Crippen LogP contribution in [0.1, 0.15) is 10.4 Å². The number of nitrogens with zero attached hydrogens (tertiary/aromatic N) is 1. The normalized spacial score (nSPS) is 11.7. The minimum atomic E-state index is -3.82. The lowest BCUT2D eigenvalue weighted by molar-refractivity contribution is -0.0493. The Morgan fingerprint density at radius 3 is 2.37 bits per heavy atom. The summed E-state index contributed by atoms with van der Waals surface area (Å²) >= 11 is 0. The van der Waals surface area contributed by atoms with Crippen LogP contribution in [0.5, 0.6) is 5.75 Å². The quantitative estimate of drug-likeness (QED) is 0.630. The van der Waals surface area contributed by atoms with Crippen molar-refractivity contribution in [1.29, 1.82) is 0 Å². The van der Waals surface area contributed by atoms with Crippen LogP contribution < -0.4 is 14.4 Å². The average Bonchev–Trinajstić information content (AvgIpc) is 3.03. The third-order valence-electron chi connectivity index (χ3n) is 4.38. The van der Waals surface area contributed by atoms with Crippen molar-refractivity contribution >= 4 is 32.6 Å². The summed E-state index contributed by atoms with van der Waals surface area (Å²) in [7, 11) is -1.28. The number of fused-ring (bicyclic) bond motifs is 1. The summed E-state index contributed by atoms with van der Waals surface area (Å²) in [5.74, 6) is -1.48. The zero-order valence-electron chi connectivity index (χ0n) is 16.1. The number of sulfonamides is 1. The predicted molar refractivity (Wildman–Crippen MR) is 105 cm³/mol. The van der Waals surface area contributed by atoms with Crippen molar-refractivity contribution in [2.24, 2.45) is 0 Å². The Morgan fingerprint density at radius 2 is 1.83 bits per heavy atom. The number of furan rings is 1. The van der Waals surface area contributed by atoms with Gasteiger partial charge in [-0.1, -0.05) is 0 Å². The van der Waals surface area contributed by atoms with Gasteiger partial charge in [0.2, 0.25) is 10.0 Å². The van der Waals surface area contributed by atoms with Gasteiger partial charge in [0, 0.05) is 31.1 Å². The van der Waals surface area contributed by atoms with Crippen LogP contribution in [0.15, 0.2) is 40.8 Å². The second kappa shape index (κ2) is 7.90. The molecule has 0 fully saturated rings. The van der Waals surface area contributed by atoms with E-state index in [-0.39, 0.29) is 28.0 Å². The summed E-state index contributed by atoms with van der Waals surface area (Å²) in [4.78, 5) is 12.5. The molecule has 0 saturated carbocycles. The van der Waals surface area contributed by atoms with E-state index in [0.717, 1.165) is 23.7 Å². The Morgan fingerprint density at radius 1 is 1.20 bits per heavy atom. The van der Waals surface area contributed by atoms with Gasteiger partial charge in [0.1, 0.15) is 17.2 Å². The molecule has 160 valence electrons. The molecule has 1 amide bonds. The average molecular weight is 442 g/mol. The summed E-state index contributed by atoms with van der Waals surface area (Å²) in [6, 6.07) is 7.42. The molecule has 1 N–H and O–H groups in total. The first-order chi connectivity index (χ1) is 14.0. The number of hydrogen-bond acceptors (Lipinski definition) is 5. The van der Waals surface area contributed by atoms with Crippen LogP contribution in [-0.2, 0) is 10.0 Å². The number of halogens is 3. The van der Waals surface area contributed by atoms with Crippen LogP contribution in [0.2, 0.25) is 0 Å². The number of benzene rings is 2. The van der Waals surface area contributed by atoms with E-state index in [1.807, 2.05) is 0 Å². The molecule has 0 radical (unpaired) electrons. The highest BCUT2D eigenvalue weighted by atomic mass is 32.2. The summed E-state index contributed by atoms with van der Waals surface area (Å²) in [5, 5.41) is 2.56. The zero-order valence-corrected chi connectivity index (χ0v) is 16.9. The SMILES string of the molecule is CNC(=O)c1c(-c2ccc(F)cc2)oc2cc(N(C)S(C)(=O)=O)c(OC(F)F)cc12. The van der Waals surface area contributed by atoms with Gasteiger partial charge < -0.3 is 14.5 Å². The lowest BCUT2D eigenvalue weighted by Crippen LogP contribution is -2.25. The molecule has 0 spiro atoms. The highest BCUT2D eigenvalue weighted by Crippen LogP contribution is 2.41. The first-order valence-corrected chi connectivity index (χ1v) is 10.3. The minimum Gasteiger partial charge on any atom is -0.455 e. The van der Waals surface area contributed by atoms with Crippen molar-refractivity contribution in [2.45, 2.75) is 6.61 Å². The van der Waals surface area contributed by atoms with E-state index >= 15 is 0 Å². The fourth-order valence-corrected chi connectivity index (χ4v) is 3.38. The Balaban J connectivity index is 2.34. The van der Waals surface area contributed by atoms with Crippen molar-refractivity contribution in [3.8, 4) is 17.1 Å². The lowest BCUT2D eigenvalue weighted by atomic mass is 10.0. The summed E-state index contributed by atoms with van der Waals surface area (Å²) in [5.41, 5.74) is 0.223. The van der Waals surface area contributed by atoms with Gasteiger partial charge >= 0.3 is 6.61 Å². The summed E-state index contributed by atoms with van der Waals surface area (Å²) in [6.07, 6.45) is 0.894. The molecule has 0 unspecified atom stereocenters. The van der Waals surface area contributed by atoms with Crippen molar-refractivity contribution in [3.63, 3.8) is 0 Å². The Hall–Kier alpha value is -3.21. The minimum absolute atomic E-state index is 0.00628. The fraction of sp³-hybridized carbons (Fsp3) is 0.211. The number of hydrogen-bond donors (Lipinski definition) is 1. The molecule has 0 bridgehead atoms. The van der Waals surface area contributed by atoms with Crippen LogP contribution in [0.4, 0.5) is 18.9 Å². The molecule has 0 aliphatic carbocycles. The van der Waals surface area contributed by atoms with Gasteiger partial charge in [0.25, 0.3) is 5.91 Å². The van der Waals surface area contributed by atoms with Crippen LogP contribution in [0.25, 0.3) is 22.3 Å². The van der Waals surface area contributed by atoms with E-state index < -0.39 is 34.1 Å². The highest BCUT2D eigenvalue weighted by Gasteiger charge is 2.26. The molecule has 1 aromatic heterocycles. The smallest absolute Gasteiger partial charge is 0.387 e. The third kappa shape index (κ3) is 4.06. The van der Waals surface area contributed by atoms with Crippen molar-refractivity contribution in [2.75, 3.05) is 24.7 Å². The van der Waals surface area contributed by atoms with E-state index in [1.165, 1.54) is 37.4 Å². The third-order valence-corrected chi connectivity index (χ3v) is 5.57. The molecular weight excluding hydrogens is 425 g/mol. The predicted octanol–water partition coefficient (Wildman–Crippen LogP) is 3.60. The maximum Gasteiger partial charge on any atom is 0.387 e. The van der Waals surface area contributed by atoms with E-state index in [0.29, 0.717) is 5.56 Å². The number of amides is 1. The summed E-state index contributed by atoms with van der Waals surface area (Å²) in [6.45, 7) is -3.24. The molecule has 0 aliphatic heterocycles. The number of carbonyl (C=O) groups excluding carboxylic acids is 1. The number of alkyl halides is 2. The maximum atomic E-state index is 13.3. The second-order valence-electron chi connectivity index (χ2n) is 6.32. The van der Waals surface area contributed by atoms with Gasteiger partial charge in [0.05, 0.1) is 17.5 Å². The zero-order chi connectivity index (χ0) is 22.2. The number of rotatable bonds is 6. The molecule has 0 aliphatic rings. The van der Waals surface area contributed by atoms with Crippen LogP contribution in [0.3, 0.4) is 0 Å². The summed E-state index contributed by atoms with van der Waals surface area (Å²) < 4.78 is 74.1. The number of carbonyl (C=O) groups is 1. The largest absolute Gasteiger partial charge is 0.455 e. The molecule has 30 heavy (non-hydrogen) atoms. The van der Waals surface area contributed by atoms with E-state index in [9.17, 15) is 26.4 Å². The first kappa shape index (κ1) is 21.5. The van der Waals surface area contributed by atoms with Gasteiger partial charge in [-0.15, -0.1) is 0 Å². The fourth-order valence-electron chi connectivity index (χ4n) is 2.88. The molecular formula is C19H17F3N2O5S. The van der Waals surface area contributed by atoms with Crippen LogP contribution >= 0.6 is 0 Å². The highest BCUT2D eigenvalue weighted by molar-refractivity contribution is 7.92. The van der Waals surface area contributed by atoms with Crippen molar-refractivity contribution < 1.29 is 35.5 Å². The Kier molecular flexibility index (Phi) is 5.66. The first-order valence-electron chi connectivity index (χ1n) is 8.50. The second-order valence-corrected chi connectivity index (χ2v) is 8.33. The number of anilines is 1. The van der Waals surface area contributed by atoms with Crippen LogP contribution in [-0.4, -0.2) is 41.3 Å². The molecule has 7 nitrogen and oxygen atoms in total. The van der Waals surface area contributed by atoms with Crippen molar-refractivity contribution in [3.05, 3.63) is 47.8 Å². The number of nitrogens with one attached hydrogen (secondary N) is 1. The standard InChI is InChI=1S/C19H17F3N2O5S/c1-23-18(25)16-12-8-15(29-19(21)22)13(24(2)30(3,26)27)9-14(12)28-17(16)10-4-6-11(20)7-5-10/h4-9,19H,1-3H3,(H,23,25). The topological polar surface area (TPSA) is 88.9 Å². The molecule has 2 aromatic carbocycles. The molecule has 3 rings (SSSR count). The molecule has 0 saturated heterocycles. The van der Waals surface area contributed by atoms with Crippen molar-refractivity contribution in [1.82, 2.24) is 5.32 Å². The molecule has 3 aromatic rings. The van der Waals surface area contributed by atoms with Gasteiger partial charge in [-0.05, 0) is 30.3 Å². The molecule has 0 atom stereocenters. The van der Waals surface area contributed by atoms with E-state index in [1.54, 1.807) is 0 Å². The molecule has 1 heterocycles.